The van der Waals surface area contributed by atoms with Crippen molar-refractivity contribution in [1.82, 2.24) is 5.32 Å². The van der Waals surface area contributed by atoms with Crippen LogP contribution in [0.2, 0.25) is 6.04 Å². The molecule has 1 amide bonds. The molecule has 0 heterocycles. The number of hydrogen-bond donors (Lipinski definition) is 1. The van der Waals surface area contributed by atoms with Gasteiger partial charge in [-0.2, -0.15) is 0 Å². The van der Waals surface area contributed by atoms with Gasteiger partial charge in [0.05, 0.1) is 0 Å². The van der Waals surface area contributed by atoms with E-state index in [4.69, 9.17) is 13.3 Å². The maximum absolute atomic E-state index is 12.1. The summed E-state index contributed by atoms with van der Waals surface area (Å²) in [6.45, 7) is 12.5. The summed E-state index contributed by atoms with van der Waals surface area (Å²) in [5, 5.41) is 3.03. The second-order valence-corrected chi connectivity index (χ2v) is 8.00. The molecule has 132 valence electrons. The summed E-state index contributed by atoms with van der Waals surface area (Å²) in [7, 11) is -2.57. The van der Waals surface area contributed by atoms with E-state index in [2.05, 4.69) is 19.2 Å². The van der Waals surface area contributed by atoms with Gasteiger partial charge in [0.2, 0.25) is 5.91 Å². The minimum absolute atomic E-state index is 0.137. The molecule has 22 heavy (non-hydrogen) atoms. The first kappa shape index (κ1) is 21.6. The Morgan fingerprint density at radius 1 is 1.00 bits per heavy atom. The molecular weight excluding hydrogens is 298 g/mol. The third-order valence-corrected chi connectivity index (χ3v) is 6.70. The molecule has 0 fully saturated rings. The van der Waals surface area contributed by atoms with Gasteiger partial charge < -0.3 is 18.6 Å². The fraction of sp³-hybridized carbons (Fsp3) is 0.938. The largest absolute Gasteiger partial charge is 0.500 e. The van der Waals surface area contributed by atoms with Crippen molar-refractivity contribution in [2.45, 2.75) is 66.3 Å². The topological polar surface area (TPSA) is 56.8 Å². The molecule has 0 saturated carbocycles. The summed E-state index contributed by atoms with van der Waals surface area (Å²) in [5.74, 6) is 0.304. The lowest BCUT2D eigenvalue weighted by Gasteiger charge is -2.28. The lowest BCUT2D eigenvalue weighted by atomic mass is 10.00. The molecule has 6 heteroatoms. The third-order valence-electron chi connectivity index (χ3n) is 3.55. The van der Waals surface area contributed by atoms with Crippen LogP contribution in [0.3, 0.4) is 0 Å². The summed E-state index contributed by atoms with van der Waals surface area (Å²) < 4.78 is 17.4. The van der Waals surface area contributed by atoms with E-state index >= 15 is 0 Å². The number of amides is 1. The van der Waals surface area contributed by atoms with Gasteiger partial charge in [0.25, 0.3) is 0 Å². The highest BCUT2D eigenvalue weighted by molar-refractivity contribution is 6.60. The quantitative estimate of drug-likeness (QED) is 0.391. The fourth-order valence-electron chi connectivity index (χ4n) is 2.53. The number of rotatable bonds is 14. The molecule has 1 N–H and O–H groups in total. The molecule has 1 atom stereocenters. The number of carbonyl (C=O) groups is 1. The third kappa shape index (κ3) is 8.27. The zero-order valence-electron chi connectivity index (χ0n) is 15.1. The summed E-state index contributed by atoms with van der Waals surface area (Å²) in [5.41, 5.74) is 0. The maximum Gasteiger partial charge on any atom is 0.500 e. The van der Waals surface area contributed by atoms with Crippen LogP contribution in [0.5, 0.6) is 0 Å². The zero-order chi connectivity index (χ0) is 16.8. The molecule has 0 rings (SSSR count). The Kier molecular flexibility index (Phi) is 12.8. The fourth-order valence-corrected chi connectivity index (χ4v) is 5.14. The van der Waals surface area contributed by atoms with Crippen LogP contribution >= 0.6 is 0 Å². The van der Waals surface area contributed by atoms with E-state index in [1.165, 1.54) is 0 Å². The molecule has 0 bridgehead atoms. The Morgan fingerprint density at radius 3 is 1.95 bits per heavy atom. The van der Waals surface area contributed by atoms with E-state index in [-0.39, 0.29) is 11.8 Å². The summed E-state index contributed by atoms with van der Waals surface area (Å²) in [6, 6.07) is 0.743. The molecule has 0 aliphatic carbocycles. The van der Waals surface area contributed by atoms with Crippen LogP contribution in [0.1, 0.15) is 60.3 Å². The molecule has 0 aromatic carbocycles. The first-order valence-electron chi connectivity index (χ1n) is 8.78. The Balaban J connectivity index is 4.28. The normalized spacial score (nSPS) is 13.1. The minimum atomic E-state index is -2.57. The van der Waals surface area contributed by atoms with Gasteiger partial charge in [-0.15, -0.1) is 0 Å². The number of carbonyl (C=O) groups excluding carboxylic acids is 1. The van der Waals surface area contributed by atoms with Gasteiger partial charge in [-0.3, -0.25) is 4.79 Å². The average Bonchev–Trinajstić information content (AvgIpc) is 2.50. The van der Waals surface area contributed by atoms with Gasteiger partial charge in [0.1, 0.15) is 0 Å². The smallest absolute Gasteiger partial charge is 0.374 e. The Labute approximate surface area is 137 Å². The Morgan fingerprint density at radius 2 is 1.55 bits per heavy atom. The van der Waals surface area contributed by atoms with Crippen molar-refractivity contribution in [2.75, 3.05) is 26.4 Å². The summed E-state index contributed by atoms with van der Waals surface area (Å²) in [6.07, 6.45) is 3.72. The standard InChI is InChI=1S/C16H35NO4Si/c1-6-12-15(7-2)16(18)17-13-11-14-22(19-8-3,20-9-4)21-10-5/h15H,6-14H2,1-5H3,(H,17,18). The average molecular weight is 334 g/mol. The minimum Gasteiger partial charge on any atom is -0.374 e. The van der Waals surface area contributed by atoms with Crippen LogP contribution in [0, 0.1) is 5.92 Å². The molecule has 0 aromatic heterocycles. The van der Waals surface area contributed by atoms with E-state index in [0.717, 1.165) is 31.7 Å². The highest BCUT2D eigenvalue weighted by atomic mass is 28.4. The van der Waals surface area contributed by atoms with E-state index in [1.807, 2.05) is 20.8 Å². The highest BCUT2D eigenvalue weighted by Crippen LogP contribution is 2.18. The molecule has 0 aliphatic rings. The lowest BCUT2D eigenvalue weighted by molar-refractivity contribution is -0.125. The van der Waals surface area contributed by atoms with Crippen LogP contribution in [0.4, 0.5) is 0 Å². The predicted octanol–water partition coefficient (Wildman–Crippen LogP) is 3.37. The lowest BCUT2D eigenvalue weighted by Crippen LogP contribution is -2.46. The first-order chi connectivity index (χ1) is 10.6. The monoisotopic (exact) mass is 333 g/mol. The summed E-state index contributed by atoms with van der Waals surface area (Å²) >= 11 is 0. The van der Waals surface area contributed by atoms with E-state index < -0.39 is 8.80 Å². The maximum atomic E-state index is 12.1. The van der Waals surface area contributed by atoms with Gasteiger partial charge in [-0.1, -0.05) is 20.3 Å². The number of hydrogen-bond acceptors (Lipinski definition) is 4. The van der Waals surface area contributed by atoms with Crippen molar-refractivity contribution in [2.24, 2.45) is 5.92 Å². The molecule has 0 spiro atoms. The Hall–Kier alpha value is -0.433. The van der Waals surface area contributed by atoms with Crippen LogP contribution in [-0.4, -0.2) is 41.1 Å². The van der Waals surface area contributed by atoms with Crippen molar-refractivity contribution in [3.63, 3.8) is 0 Å². The second kappa shape index (κ2) is 13.0. The molecule has 0 aromatic rings. The molecular formula is C16H35NO4Si. The molecule has 1 unspecified atom stereocenters. The van der Waals surface area contributed by atoms with Crippen molar-refractivity contribution >= 4 is 14.7 Å². The highest BCUT2D eigenvalue weighted by Gasteiger charge is 2.39. The summed E-state index contributed by atoms with van der Waals surface area (Å²) in [4.78, 5) is 12.1. The van der Waals surface area contributed by atoms with Gasteiger partial charge in [0, 0.05) is 38.3 Å². The van der Waals surface area contributed by atoms with Crippen molar-refractivity contribution < 1.29 is 18.1 Å². The SMILES string of the molecule is CCCC(CC)C(=O)NCCC[Si](OCC)(OCC)OCC. The number of nitrogens with one attached hydrogen (secondary N) is 1. The van der Waals surface area contributed by atoms with Crippen molar-refractivity contribution in [3.8, 4) is 0 Å². The molecule has 0 aliphatic heterocycles. The van der Waals surface area contributed by atoms with Crippen LogP contribution in [-0.2, 0) is 18.1 Å². The second-order valence-electron chi connectivity index (χ2n) is 5.27. The van der Waals surface area contributed by atoms with Gasteiger partial charge >= 0.3 is 8.80 Å². The Bertz CT molecular complexity index is 272. The van der Waals surface area contributed by atoms with E-state index in [0.29, 0.717) is 26.4 Å². The first-order valence-corrected chi connectivity index (χ1v) is 10.7. The van der Waals surface area contributed by atoms with Gasteiger partial charge in [-0.05, 0) is 40.0 Å². The van der Waals surface area contributed by atoms with E-state index in [1.54, 1.807) is 0 Å². The van der Waals surface area contributed by atoms with Gasteiger partial charge in [0.15, 0.2) is 0 Å². The molecule has 0 radical (unpaired) electrons. The van der Waals surface area contributed by atoms with Crippen LogP contribution in [0.25, 0.3) is 0 Å². The van der Waals surface area contributed by atoms with Crippen LogP contribution in [0.15, 0.2) is 0 Å². The van der Waals surface area contributed by atoms with E-state index in [9.17, 15) is 4.79 Å². The predicted molar refractivity (Wildman–Crippen MR) is 91.8 cm³/mol. The van der Waals surface area contributed by atoms with Gasteiger partial charge in [-0.25, -0.2) is 0 Å². The zero-order valence-corrected chi connectivity index (χ0v) is 16.1. The molecule has 0 saturated heterocycles. The van der Waals surface area contributed by atoms with Crippen molar-refractivity contribution in [1.29, 1.82) is 0 Å². The van der Waals surface area contributed by atoms with Crippen LogP contribution < -0.4 is 5.32 Å². The van der Waals surface area contributed by atoms with Crippen molar-refractivity contribution in [3.05, 3.63) is 0 Å². The molecule has 5 nitrogen and oxygen atoms in total.